The van der Waals surface area contributed by atoms with E-state index in [0.717, 1.165) is 12.1 Å². The van der Waals surface area contributed by atoms with E-state index in [1.165, 1.54) is 36.4 Å². The zero-order valence-electron chi connectivity index (χ0n) is 11.5. The zero-order chi connectivity index (χ0) is 17.0. The number of nitriles is 1. The van der Waals surface area contributed by atoms with Crippen LogP contribution in [0, 0.1) is 31.6 Å². The molecule has 114 valence electrons. The van der Waals surface area contributed by atoms with E-state index in [2.05, 4.69) is 0 Å². The van der Waals surface area contributed by atoms with Crippen LogP contribution < -0.4 is 0 Å². The van der Waals surface area contributed by atoms with E-state index in [1.807, 2.05) is 6.07 Å². The summed E-state index contributed by atoms with van der Waals surface area (Å²) in [6.45, 7) is 0. The molecule has 0 atom stereocenters. The lowest BCUT2D eigenvalue weighted by Crippen LogP contribution is -1.90. The minimum Gasteiger partial charge on any atom is -0.502 e. The molecule has 0 spiro atoms. The lowest BCUT2D eigenvalue weighted by atomic mass is 10.0. The molecule has 0 aliphatic carbocycles. The summed E-state index contributed by atoms with van der Waals surface area (Å²) in [5.41, 5.74) is 0.393. The summed E-state index contributed by atoms with van der Waals surface area (Å²) in [7, 11) is 0. The molecule has 2 aromatic rings. The first-order valence-corrected chi connectivity index (χ1v) is 6.26. The Balaban J connectivity index is 2.43. The van der Waals surface area contributed by atoms with E-state index in [9.17, 15) is 30.6 Å². The minimum atomic E-state index is -0.732. The molecule has 0 saturated heterocycles. The van der Waals surface area contributed by atoms with E-state index in [-0.39, 0.29) is 11.3 Å². The molecule has 0 unspecified atom stereocenters. The summed E-state index contributed by atoms with van der Waals surface area (Å²) in [5.74, 6) is -0.471. The Hall–Kier alpha value is -3.73. The van der Waals surface area contributed by atoms with Crippen LogP contribution in [0.25, 0.3) is 11.6 Å². The maximum absolute atomic E-state index is 10.8. The normalized spacial score (nSPS) is 10.8. The van der Waals surface area contributed by atoms with Crippen LogP contribution in [0.1, 0.15) is 11.1 Å². The first-order valence-electron chi connectivity index (χ1n) is 6.26. The van der Waals surface area contributed by atoms with Crippen LogP contribution in [0.4, 0.5) is 11.4 Å². The summed E-state index contributed by atoms with van der Waals surface area (Å²) in [5, 5.41) is 40.0. The highest BCUT2D eigenvalue weighted by Crippen LogP contribution is 2.28. The number of benzene rings is 2. The third-order valence-electron chi connectivity index (χ3n) is 3.02. The van der Waals surface area contributed by atoms with Crippen molar-refractivity contribution in [2.75, 3.05) is 0 Å². The number of rotatable bonds is 4. The maximum atomic E-state index is 10.8. The zero-order valence-corrected chi connectivity index (χ0v) is 11.5. The van der Waals surface area contributed by atoms with Gasteiger partial charge in [-0.2, -0.15) is 5.26 Å². The number of hydrogen-bond donors (Lipinski definition) is 1. The van der Waals surface area contributed by atoms with Gasteiger partial charge in [-0.3, -0.25) is 20.2 Å². The number of aromatic hydroxyl groups is 1. The van der Waals surface area contributed by atoms with Gasteiger partial charge in [-0.1, -0.05) is 6.07 Å². The van der Waals surface area contributed by atoms with Gasteiger partial charge in [-0.15, -0.1) is 0 Å². The Morgan fingerprint density at radius 1 is 1.09 bits per heavy atom. The molecule has 0 aliphatic rings. The van der Waals surface area contributed by atoms with Crippen molar-refractivity contribution >= 4 is 23.0 Å². The van der Waals surface area contributed by atoms with E-state index in [1.54, 1.807) is 0 Å². The number of non-ortho nitro benzene ring substituents is 1. The average Bonchev–Trinajstić information content (AvgIpc) is 2.54. The summed E-state index contributed by atoms with van der Waals surface area (Å²) in [4.78, 5) is 20.1. The van der Waals surface area contributed by atoms with Crippen molar-refractivity contribution in [2.45, 2.75) is 0 Å². The number of allylic oxidation sites excluding steroid dienone is 1. The number of nitro benzene ring substituents is 2. The lowest BCUT2D eigenvalue weighted by Gasteiger charge is -2.01. The second-order valence-electron chi connectivity index (χ2n) is 4.48. The molecular weight excluding hydrogens is 302 g/mol. The summed E-state index contributed by atoms with van der Waals surface area (Å²) in [6, 6.07) is 11.0. The standard InChI is InChI=1S/C15H9N3O5/c16-9-12(11-2-4-13(5-3-11)17(20)21)7-10-1-6-15(19)14(8-10)18(22)23/h1-8,19H. The quantitative estimate of drug-likeness (QED) is 0.399. The predicted octanol–water partition coefficient (Wildman–Crippen LogP) is 3.27. The van der Waals surface area contributed by atoms with E-state index in [4.69, 9.17) is 0 Å². The van der Waals surface area contributed by atoms with Crippen molar-refractivity contribution in [3.63, 3.8) is 0 Å². The van der Waals surface area contributed by atoms with Crippen molar-refractivity contribution in [2.24, 2.45) is 0 Å². The van der Waals surface area contributed by atoms with Crippen molar-refractivity contribution in [1.29, 1.82) is 5.26 Å². The SMILES string of the molecule is N#CC(=Cc1ccc(O)c([N+](=O)[O-])c1)c1ccc([N+](=O)[O-])cc1. The van der Waals surface area contributed by atoms with Gasteiger partial charge in [0, 0.05) is 18.2 Å². The van der Waals surface area contributed by atoms with Crippen LogP contribution >= 0.6 is 0 Å². The molecule has 0 aromatic heterocycles. The number of phenols is 1. The average molecular weight is 311 g/mol. The first kappa shape index (κ1) is 15.7. The van der Waals surface area contributed by atoms with Crippen LogP contribution in [0.3, 0.4) is 0 Å². The highest BCUT2D eigenvalue weighted by Gasteiger charge is 2.13. The molecule has 0 bridgehead atoms. The topological polar surface area (TPSA) is 130 Å². The van der Waals surface area contributed by atoms with Gasteiger partial charge >= 0.3 is 5.69 Å². The van der Waals surface area contributed by atoms with Crippen LogP contribution in [-0.4, -0.2) is 15.0 Å². The van der Waals surface area contributed by atoms with Gasteiger partial charge in [-0.25, -0.2) is 0 Å². The van der Waals surface area contributed by atoms with Crippen molar-refractivity contribution in [3.05, 3.63) is 73.8 Å². The molecule has 0 saturated carbocycles. The number of phenolic OH excluding ortho intramolecular Hbond substituents is 1. The van der Waals surface area contributed by atoms with Crippen LogP contribution in [0.15, 0.2) is 42.5 Å². The van der Waals surface area contributed by atoms with E-state index in [0.29, 0.717) is 11.1 Å². The van der Waals surface area contributed by atoms with Gasteiger partial charge in [0.05, 0.1) is 21.5 Å². The highest BCUT2D eigenvalue weighted by atomic mass is 16.6. The second kappa shape index (κ2) is 6.36. The number of hydrogen-bond acceptors (Lipinski definition) is 6. The van der Waals surface area contributed by atoms with Gasteiger partial charge in [0.15, 0.2) is 5.75 Å². The van der Waals surface area contributed by atoms with E-state index < -0.39 is 21.3 Å². The highest BCUT2D eigenvalue weighted by molar-refractivity contribution is 5.90. The number of nitrogens with zero attached hydrogens (tertiary/aromatic N) is 3. The molecule has 0 aliphatic heterocycles. The van der Waals surface area contributed by atoms with Crippen molar-refractivity contribution in [3.8, 4) is 11.8 Å². The lowest BCUT2D eigenvalue weighted by molar-refractivity contribution is -0.385. The Morgan fingerprint density at radius 2 is 1.74 bits per heavy atom. The second-order valence-corrected chi connectivity index (χ2v) is 4.48. The molecule has 23 heavy (non-hydrogen) atoms. The predicted molar refractivity (Wildman–Crippen MR) is 81.3 cm³/mol. The third-order valence-corrected chi connectivity index (χ3v) is 3.02. The Kier molecular flexibility index (Phi) is 4.33. The molecule has 0 fully saturated rings. The molecular formula is C15H9N3O5. The summed E-state index contributed by atoms with van der Waals surface area (Å²) < 4.78 is 0. The Bertz CT molecular complexity index is 850. The molecule has 2 aromatic carbocycles. The molecule has 0 heterocycles. The van der Waals surface area contributed by atoms with Gasteiger partial charge in [0.25, 0.3) is 5.69 Å². The molecule has 8 heteroatoms. The summed E-state index contributed by atoms with van der Waals surface area (Å²) >= 11 is 0. The first-order chi connectivity index (χ1) is 10.9. The largest absolute Gasteiger partial charge is 0.502 e. The molecule has 1 N–H and O–H groups in total. The molecule has 0 amide bonds. The molecule has 2 rings (SSSR count). The molecule has 8 nitrogen and oxygen atoms in total. The van der Waals surface area contributed by atoms with Crippen molar-refractivity contribution < 1.29 is 15.0 Å². The third kappa shape index (κ3) is 3.48. The van der Waals surface area contributed by atoms with Crippen LogP contribution in [0.5, 0.6) is 5.75 Å². The number of nitro groups is 2. The molecule has 0 radical (unpaired) electrons. The van der Waals surface area contributed by atoms with E-state index >= 15 is 0 Å². The fourth-order valence-electron chi connectivity index (χ4n) is 1.89. The van der Waals surface area contributed by atoms with Crippen molar-refractivity contribution in [1.82, 2.24) is 0 Å². The summed E-state index contributed by atoms with van der Waals surface area (Å²) in [6.07, 6.45) is 1.40. The Labute approximate surface area is 129 Å². The smallest absolute Gasteiger partial charge is 0.311 e. The monoisotopic (exact) mass is 311 g/mol. The van der Waals surface area contributed by atoms with Gasteiger partial charge in [-0.05, 0) is 35.4 Å². The Morgan fingerprint density at radius 3 is 2.26 bits per heavy atom. The maximum Gasteiger partial charge on any atom is 0.311 e. The van der Waals surface area contributed by atoms with Crippen LogP contribution in [-0.2, 0) is 0 Å². The van der Waals surface area contributed by atoms with Crippen LogP contribution in [0.2, 0.25) is 0 Å². The fraction of sp³-hybridized carbons (Fsp3) is 0. The fourth-order valence-corrected chi connectivity index (χ4v) is 1.89. The minimum absolute atomic E-state index is 0.105. The van der Waals surface area contributed by atoms with Gasteiger partial charge in [0.1, 0.15) is 0 Å². The van der Waals surface area contributed by atoms with Gasteiger partial charge < -0.3 is 5.11 Å². The van der Waals surface area contributed by atoms with Gasteiger partial charge in [0.2, 0.25) is 0 Å².